The Morgan fingerprint density at radius 3 is 2.43 bits per heavy atom. The SMILES string of the molecule is Cc1ccc(S(=O)(=O)NN=C2C(=O)NC(=O)C(=O)C2c2nc3ccccc3s2)cc1. The maximum absolute atomic E-state index is 12.5. The van der Waals surface area contributed by atoms with Crippen LogP contribution < -0.4 is 10.1 Å². The molecule has 1 aromatic heterocycles. The number of carbonyl (C=O) groups excluding carboxylic acids is 3. The van der Waals surface area contributed by atoms with Crippen molar-refractivity contribution in [3.63, 3.8) is 0 Å². The standard InChI is InChI=1S/C19H14N4O5S2/c1-10-6-8-11(9-7-10)30(27,28)23-22-15-14(16(24)18(26)21-17(15)25)19-20-12-4-2-3-5-13(12)29-19/h2-9,14,23H,1H3,(H,21,25,26). The molecule has 2 amide bonds. The van der Waals surface area contributed by atoms with Crippen LogP contribution in [-0.4, -0.2) is 36.7 Å². The first-order valence-corrected chi connectivity index (χ1v) is 11.0. The number of fused-ring (bicyclic) bond motifs is 1. The summed E-state index contributed by atoms with van der Waals surface area (Å²) < 4.78 is 25.8. The molecule has 2 heterocycles. The van der Waals surface area contributed by atoms with E-state index in [1.54, 1.807) is 36.4 Å². The van der Waals surface area contributed by atoms with Crippen molar-refractivity contribution in [2.75, 3.05) is 0 Å². The number of Topliss-reactive ketones (excluding diaryl/α,β-unsaturated/α-hetero) is 1. The Morgan fingerprint density at radius 2 is 1.73 bits per heavy atom. The second-order valence-electron chi connectivity index (χ2n) is 6.51. The van der Waals surface area contributed by atoms with Gasteiger partial charge in [0.1, 0.15) is 16.6 Å². The molecule has 30 heavy (non-hydrogen) atoms. The predicted molar refractivity (Wildman–Crippen MR) is 109 cm³/mol. The van der Waals surface area contributed by atoms with Crippen LogP contribution in [0.2, 0.25) is 0 Å². The van der Waals surface area contributed by atoms with Crippen LogP contribution in [0, 0.1) is 6.92 Å². The molecule has 0 bridgehead atoms. The number of nitrogens with zero attached hydrogens (tertiary/aromatic N) is 2. The largest absolute Gasteiger partial charge is 0.295 e. The number of nitrogens with one attached hydrogen (secondary N) is 2. The number of ketones is 1. The van der Waals surface area contributed by atoms with E-state index in [1.165, 1.54) is 12.1 Å². The highest BCUT2D eigenvalue weighted by Crippen LogP contribution is 2.30. The van der Waals surface area contributed by atoms with E-state index in [9.17, 15) is 22.8 Å². The van der Waals surface area contributed by atoms with Gasteiger partial charge in [0, 0.05) is 0 Å². The zero-order chi connectivity index (χ0) is 21.5. The zero-order valence-corrected chi connectivity index (χ0v) is 17.1. The lowest BCUT2D eigenvalue weighted by atomic mass is 9.94. The van der Waals surface area contributed by atoms with Crippen molar-refractivity contribution >= 4 is 54.9 Å². The first-order chi connectivity index (χ1) is 14.3. The lowest BCUT2D eigenvalue weighted by Crippen LogP contribution is -2.52. The van der Waals surface area contributed by atoms with E-state index < -0.39 is 39.3 Å². The van der Waals surface area contributed by atoms with Gasteiger partial charge < -0.3 is 0 Å². The molecule has 1 atom stereocenters. The van der Waals surface area contributed by atoms with E-state index in [4.69, 9.17) is 0 Å². The molecular formula is C19H14N4O5S2. The molecule has 0 saturated carbocycles. The van der Waals surface area contributed by atoms with Crippen molar-refractivity contribution in [3.05, 3.63) is 59.1 Å². The van der Waals surface area contributed by atoms with Crippen molar-refractivity contribution < 1.29 is 22.8 Å². The van der Waals surface area contributed by atoms with Crippen molar-refractivity contribution in [2.24, 2.45) is 5.10 Å². The van der Waals surface area contributed by atoms with Crippen LogP contribution in [0.15, 0.2) is 58.5 Å². The van der Waals surface area contributed by atoms with Gasteiger partial charge in [-0.1, -0.05) is 29.8 Å². The molecule has 9 nitrogen and oxygen atoms in total. The first-order valence-electron chi connectivity index (χ1n) is 8.67. The number of piperidine rings is 1. The summed E-state index contributed by atoms with van der Waals surface area (Å²) >= 11 is 1.12. The Hall–Kier alpha value is -3.44. The van der Waals surface area contributed by atoms with Gasteiger partial charge in [0.2, 0.25) is 5.78 Å². The highest BCUT2D eigenvalue weighted by Gasteiger charge is 2.43. The third-order valence-electron chi connectivity index (χ3n) is 4.39. The van der Waals surface area contributed by atoms with Crippen LogP contribution in [0.1, 0.15) is 16.5 Å². The molecule has 2 aromatic carbocycles. The number of aryl methyl sites for hydroxylation is 1. The number of aromatic nitrogens is 1. The average Bonchev–Trinajstić information content (AvgIpc) is 3.13. The first kappa shape index (κ1) is 19.9. The van der Waals surface area contributed by atoms with Crippen LogP contribution in [0.3, 0.4) is 0 Å². The summed E-state index contributed by atoms with van der Waals surface area (Å²) in [4.78, 5) is 43.1. The van der Waals surface area contributed by atoms with Gasteiger partial charge in [0.25, 0.3) is 21.8 Å². The van der Waals surface area contributed by atoms with E-state index in [0.717, 1.165) is 21.6 Å². The molecular weight excluding hydrogens is 428 g/mol. The van der Waals surface area contributed by atoms with Crippen LogP contribution in [-0.2, 0) is 24.4 Å². The second kappa shape index (κ2) is 7.43. The highest BCUT2D eigenvalue weighted by atomic mass is 32.2. The Bertz CT molecular complexity index is 1290. The van der Waals surface area contributed by atoms with Crippen LogP contribution in [0.5, 0.6) is 0 Å². The Kier molecular flexibility index (Phi) is 4.92. The molecule has 4 rings (SSSR count). The lowest BCUT2D eigenvalue weighted by Gasteiger charge is -2.19. The molecule has 1 fully saturated rings. The Labute approximate surface area is 174 Å². The molecule has 1 saturated heterocycles. The van der Waals surface area contributed by atoms with E-state index >= 15 is 0 Å². The zero-order valence-electron chi connectivity index (χ0n) is 15.4. The number of benzene rings is 2. The van der Waals surface area contributed by atoms with E-state index in [2.05, 4.69) is 10.1 Å². The van der Waals surface area contributed by atoms with Crippen molar-refractivity contribution in [2.45, 2.75) is 17.7 Å². The van der Waals surface area contributed by atoms with Crippen LogP contribution in [0.4, 0.5) is 0 Å². The number of thiazole rings is 1. The molecule has 1 aliphatic heterocycles. The van der Waals surface area contributed by atoms with E-state index in [-0.39, 0.29) is 9.90 Å². The number of hydrogen-bond acceptors (Lipinski definition) is 8. The number of imide groups is 1. The summed E-state index contributed by atoms with van der Waals surface area (Å²) in [7, 11) is -4.09. The Balaban J connectivity index is 1.74. The van der Waals surface area contributed by atoms with Crippen molar-refractivity contribution in [1.82, 2.24) is 15.1 Å². The van der Waals surface area contributed by atoms with Gasteiger partial charge in [-0.05, 0) is 31.2 Å². The van der Waals surface area contributed by atoms with Gasteiger partial charge in [-0.25, -0.2) is 4.98 Å². The molecule has 152 valence electrons. The number of amides is 2. The smallest absolute Gasteiger partial charge is 0.287 e. The number of rotatable bonds is 4. The fourth-order valence-electron chi connectivity index (χ4n) is 2.85. The second-order valence-corrected chi connectivity index (χ2v) is 9.23. The Morgan fingerprint density at radius 1 is 1.03 bits per heavy atom. The third-order valence-corrected chi connectivity index (χ3v) is 6.72. The fraction of sp³-hybridized carbons (Fsp3) is 0.105. The van der Waals surface area contributed by atoms with Gasteiger partial charge in [-0.3, -0.25) is 19.7 Å². The summed E-state index contributed by atoms with van der Waals surface area (Å²) in [5.41, 5.74) is 1.00. The molecule has 0 spiro atoms. The van der Waals surface area contributed by atoms with Gasteiger partial charge in [-0.15, -0.1) is 11.3 Å². The maximum Gasteiger partial charge on any atom is 0.295 e. The predicted octanol–water partition coefficient (Wildman–Crippen LogP) is 1.25. The number of para-hydroxylation sites is 1. The molecule has 2 N–H and O–H groups in total. The fourth-order valence-corrected chi connectivity index (χ4v) is 4.74. The minimum absolute atomic E-state index is 0.0624. The highest BCUT2D eigenvalue weighted by molar-refractivity contribution is 7.89. The summed E-state index contributed by atoms with van der Waals surface area (Å²) in [5.74, 6) is -4.40. The van der Waals surface area contributed by atoms with Crippen LogP contribution in [0.25, 0.3) is 10.2 Å². The summed E-state index contributed by atoms with van der Waals surface area (Å²) in [6.07, 6.45) is 0. The normalized spacial score (nSPS) is 18.6. The average molecular weight is 442 g/mol. The molecule has 1 aliphatic rings. The van der Waals surface area contributed by atoms with Gasteiger partial charge in [0.15, 0.2) is 0 Å². The lowest BCUT2D eigenvalue weighted by molar-refractivity contribution is -0.141. The molecule has 0 aliphatic carbocycles. The topological polar surface area (TPSA) is 135 Å². The van der Waals surface area contributed by atoms with Gasteiger partial charge in [-0.2, -0.15) is 18.4 Å². The maximum atomic E-state index is 12.5. The summed E-state index contributed by atoms with van der Waals surface area (Å²) in [6, 6.07) is 13.1. The van der Waals surface area contributed by atoms with Crippen LogP contribution >= 0.6 is 11.3 Å². The third kappa shape index (κ3) is 3.60. The van der Waals surface area contributed by atoms with E-state index in [1.807, 2.05) is 17.1 Å². The van der Waals surface area contributed by atoms with Gasteiger partial charge in [0.05, 0.1) is 15.1 Å². The quantitative estimate of drug-likeness (QED) is 0.355. The minimum atomic E-state index is -4.09. The number of sulfonamides is 1. The van der Waals surface area contributed by atoms with Gasteiger partial charge >= 0.3 is 0 Å². The summed E-state index contributed by atoms with van der Waals surface area (Å²) in [6.45, 7) is 1.81. The van der Waals surface area contributed by atoms with Crippen molar-refractivity contribution in [3.8, 4) is 0 Å². The molecule has 0 radical (unpaired) electrons. The molecule has 3 aromatic rings. The molecule has 11 heteroatoms. The minimum Gasteiger partial charge on any atom is -0.287 e. The summed E-state index contributed by atoms with van der Waals surface area (Å²) in [5, 5.41) is 5.77. The van der Waals surface area contributed by atoms with E-state index in [0.29, 0.717) is 5.52 Å². The monoisotopic (exact) mass is 442 g/mol. The van der Waals surface area contributed by atoms with Crippen molar-refractivity contribution in [1.29, 1.82) is 0 Å². The number of hydrogen-bond donors (Lipinski definition) is 2. The number of hydrazone groups is 1. The number of carbonyl (C=O) groups is 3. The molecule has 1 unspecified atom stereocenters.